The first kappa shape index (κ1) is 17.0. The number of alkyl halides is 3. The molecule has 0 bridgehead atoms. The van der Waals surface area contributed by atoms with Crippen molar-refractivity contribution in [3.05, 3.63) is 10.6 Å². The lowest BCUT2D eigenvalue weighted by Crippen LogP contribution is -2.32. The van der Waals surface area contributed by atoms with Gasteiger partial charge in [-0.1, -0.05) is 43.4 Å². The van der Waals surface area contributed by atoms with Gasteiger partial charge in [-0.05, 0) is 25.3 Å². The zero-order valence-corrected chi connectivity index (χ0v) is 14.0. The summed E-state index contributed by atoms with van der Waals surface area (Å²) in [5, 5.41) is 0.154. The molecule has 0 amide bonds. The molecule has 3 rings (SSSR count). The van der Waals surface area contributed by atoms with Crippen LogP contribution < -0.4 is 4.74 Å². The molecule has 0 radical (unpaired) electrons. The molecule has 23 heavy (non-hydrogen) atoms. The minimum absolute atomic E-state index is 0.154. The largest absolute Gasteiger partial charge is 0.460 e. The second kappa shape index (κ2) is 7.38. The van der Waals surface area contributed by atoms with Crippen LogP contribution in [0.15, 0.2) is 0 Å². The zero-order chi connectivity index (χ0) is 16.3. The van der Waals surface area contributed by atoms with Crippen LogP contribution in [0.1, 0.15) is 49.1 Å². The van der Waals surface area contributed by atoms with E-state index in [1.165, 1.54) is 49.9 Å². The highest BCUT2D eigenvalue weighted by atomic mass is 32.1. The predicted octanol–water partition coefficient (Wildman–Crippen LogP) is 4.41. The SMILES string of the molecule is FC(F)(F)COc1nc2c(s1)CCN(CCC1CCCCC1)C2. The average Bonchev–Trinajstić information content (AvgIpc) is 2.93. The lowest BCUT2D eigenvalue weighted by atomic mass is 9.87. The van der Waals surface area contributed by atoms with Gasteiger partial charge in [-0.25, -0.2) is 4.98 Å². The molecule has 1 fully saturated rings. The number of hydrogen-bond donors (Lipinski definition) is 0. The summed E-state index contributed by atoms with van der Waals surface area (Å²) in [5.74, 6) is 0.853. The average molecular weight is 348 g/mol. The Morgan fingerprint density at radius 2 is 2.00 bits per heavy atom. The minimum Gasteiger partial charge on any atom is -0.460 e. The van der Waals surface area contributed by atoms with Crippen molar-refractivity contribution in [2.24, 2.45) is 5.92 Å². The third kappa shape index (κ3) is 5.08. The Balaban J connectivity index is 1.48. The number of aromatic nitrogens is 1. The number of halogens is 3. The van der Waals surface area contributed by atoms with Gasteiger partial charge < -0.3 is 4.74 Å². The standard InChI is InChI=1S/C16H23F3N2OS/c17-16(18,19)11-22-15-20-13-10-21(9-7-14(13)23-15)8-6-12-4-2-1-3-5-12/h12H,1-11H2. The van der Waals surface area contributed by atoms with Crippen molar-refractivity contribution in [1.29, 1.82) is 0 Å². The number of ether oxygens (including phenoxy) is 1. The number of thiazole rings is 1. The van der Waals surface area contributed by atoms with Crippen LogP contribution in [0.3, 0.4) is 0 Å². The minimum atomic E-state index is -4.31. The zero-order valence-electron chi connectivity index (χ0n) is 13.2. The lowest BCUT2D eigenvalue weighted by molar-refractivity contribution is -0.153. The lowest BCUT2D eigenvalue weighted by Gasteiger charge is -2.29. The Morgan fingerprint density at radius 3 is 2.74 bits per heavy atom. The van der Waals surface area contributed by atoms with Gasteiger partial charge in [0.2, 0.25) is 0 Å². The number of rotatable bonds is 5. The monoisotopic (exact) mass is 348 g/mol. The summed E-state index contributed by atoms with van der Waals surface area (Å²) >= 11 is 1.26. The smallest absolute Gasteiger partial charge is 0.422 e. The van der Waals surface area contributed by atoms with E-state index < -0.39 is 12.8 Å². The van der Waals surface area contributed by atoms with E-state index in [1.807, 2.05) is 0 Å². The van der Waals surface area contributed by atoms with Crippen LogP contribution in [0.5, 0.6) is 5.19 Å². The maximum Gasteiger partial charge on any atom is 0.422 e. The van der Waals surface area contributed by atoms with Gasteiger partial charge in [0.15, 0.2) is 6.61 Å². The molecule has 0 atom stereocenters. The van der Waals surface area contributed by atoms with Gasteiger partial charge in [-0.3, -0.25) is 4.90 Å². The normalized spacial score (nSPS) is 20.5. The molecule has 130 valence electrons. The van der Waals surface area contributed by atoms with E-state index in [0.29, 0.717) is 0 Å². The third-order valence-electron chi connectivity index (χ3n) is 4.72. The number of nitrogens with zero attached hydrogens (tertiary/aromatic N) is 2. The molecule has 1 saturated carbocycles. The summed E-state index contributed by atoms with van der Waals surface area (Å²) in [7, 11) is 0. The van der Waals surface area contributed by atoms with Crippen LogP contribution in [0.25, 0.3) is 0 Å². The molecule has 1 aliphatic carbocycles. The van der Waals surface area contributed by atoms with Crippen molar-refractivity contribution in [1.82, 2.24) is 9.88 Å². The number of fused-ring (bicyclic) bond motifs is 1. The van der Waals surface area contributed by atoms with Gasteiger partial charge in [-0.15, -0.1) is 0 Å². The summed E-state index contributed by atoms with van der Waals surface area (Å²) in [6.07, 6.45) is 4.60. The molecule has 0 saturated heterocycles. The van der Waals surface area contributed by atoms with Gasteiger partial charge in [0, 0.05) is 18.0 Å². The maximum atomic E-state index is 12.2. The molecule has 3 nitrogen and oxygen atoms in total. The summed E-state index contributed by atoms with van der Waals surface area (Å²) in [6, 6.07) is 0. The van der Waals surface area contributed by atoms with Crippen LogP contribution in [0.2, 0.25) is 0 Å². The summed E-state index contributed by atoms with van der Waals surface area (Å²) in [5.41, 5.74) is 0.905. The van der Waals surface area contributed by atoms with Crippen LogP contribution in [0.4, 0.5) is 13.2 Å². The highest BCUT2D eigenvalue weighted by molar-refractivity contribution is 7.13. The highest BCUT2D eigenvalue weighted by Crippen LogP contribution is 2.32. The fourth-order valence-electron chi connectivity index (χ4n) is 3.47. The van der Waals surface area contributed by atoms with Crippen LogP contribution in [0, 0.1) is 5.92 Å². The Bertz CT molecular complexity index is 512. The maximum absolute atomic E-state index is 12.2. The van der Waals surface area contributed by atoms with E-state index in [0.717, 1.165) is 42.5 Å². The molecular weight excluding hydrogens is 325 g/mol. The molecule has 2 heterocycles. The van der Waals surface area contributed by atoms with Crippen molar-refractivity contribution in [3.63, 3.8) is 0 Å². The van der Waals surface area contributed by atoms with E-state index in [1.54, 1.807) is 0 Å². The highest BCUT2D eigenvalue weighted by Gasteiger charge is 2.30. The van der Waals surface area contributed by atoms with Crippen molar-refractivity contribution < 1.29 is 17.9 Å². The molecule has 1 aromatic heterocycles. The molecule has 0 spiro atoms. The molecule has 0 N–H and O–H groups in total. The summed E-state index contributed by atoms with van der Waals surface area (Å²) in [6.45, 7) is 1.53. The first-order valence-electron chi connectivity index (χ1n) is 8.40. The van der Waals surface area contributed by atoms with Gasteiger partial charge in [-0.2, -0.15) is 13.2 Å². The van der Waals surface area contributed by atoms with E-state index >= 15 is 0 Å². The first-order chi connectivity index (χ1) is 11.0. The van der Waals surface area contributed by atoms with Crippen molar-refractivity contribution >= 4 is 11.3 Å². The molecule has 7 heteroatoms. The predicted molar refractivity (Wildman–Crippen MR) is 83.8 cm³/mol. The van der Waals surface area contributed by atoms with Crippen molar-refractivity contribution in [3.8, 4) is 5.19 Å². The summed E-state index contributed by atoms with van der Waals surface area (Å²) < 4.78 is 41.4. The first-order valence-corrected chi connectivity index (χ1v) is 9.22. The van der Waals surface area contributed by atoms with E-state index in [9.17, 15) is 13.2 Å². The second-order valence-electron chi connectivity index (χ2n) is 6.57. The van der Waals surface area contributed by atoms with Gasteiger partial charge in [0.05, 0.1) is 5.69 Å². The topological polar surface area (TPSA) is 25.4 Å². The fraction of sp³-hybridized carbons (Fsp3) is 0.812. The second-order valence-corrected chi connectivity index (χ2v) is 7.62. The van der Waals surface area contributed by atoms with E-state index in [4.69, 9.17) is 4.74 Å². The Labute approximate surface area is 138 Å². The van der Waals surface area contributed by atoms with Gasteiger partial charge in [0.1, 0.15) is 0 Å². The van der Waals surface area contributed by atoms with Crippen molar-refractivity contribution in [2.75, 3.05) is 19.7 Å². The molecule has 1 aliphatic heterocycles. The van der Waals surface area contributed by atoms with Crippen LogP contribution in [-0.4, -0.2) is 35.8 Å². The van der Waals surface area contributed by atoms with E-state index in [2.05, 4.69) is 9.88 Å². The van der Waals surface area contributed by atoms with Gasteiger partial charge in [0.25, 0.3) is 5.19 Å². The fourth-order valence-corrected chi connectivity index (χ4v) is 4.37. The molecule has 2 aliphatic rings. The molecule has 0 aromatic carbocycles. The Kier molecular flexibility index (Phi) is 5.46. The van der Waals surface area contributed by atoms with Crippen molar-refractivity contribution in [2.45, 2.75) is 57.7 Å². The molecule has 1 aromatic rings. The quantitative estimate of drug-likeness (QED) is 0.788. The molecule has 0 unspecified atom stereocenters. The molecular formula is C16H23F3N2OS. The van der Waals surface area contributed by atoms with Crippen LogP contribution >= 0.6 is 11.3 Å². The van der Waals surface area contributed by atoms with Crippen LogP contribution in [-0.2, 0) is 13.0 Å². The number of hydrogen-bond acceptors (Lipinski definition) is 4. The Morgan fingerprint density at radius 1 is 1.22 bits per heavy atom. The Hall–Kier alpha value is -0.820. The van der Waals surface area contributed by atoms with E-state index in [-0.39, 0.29) is 5.19 Å². The van der Waals surface area contributed by atoms with Gasteiger partial charge >= 0.3 is 6.18 Å². The third-order valence-corrected chi connectivity index (χ3v) is 5.79. The summed E-state index contributed by atoms with van der Waals surface area (Å²) in [4.78, 5) is 7.71.